The van der Waals surface area contributed by atoms with Gasteiger partial charge in [0, 0.05) is 12.3 Å². The molecule has 0 radical (unpaired) electrons. The highest BCUT2D eigenvalue weighted by molar-refractivity contribution is 6.74. The summed E-state index contributed by atoms with van der Waals surface area (Å²) in [6.07, 6.45) is 13.4. The Morgan fingerprint density at radius 3 is 2.49 bits per heavy atom. The van der Waals surface area contributed by atoms with Gasteiger partial charge in [-0.15, -0.1) is 0 Å². The van der Waals surface area contributed by atoms with Crippen LogP contribution in [0.5, 0.6) is 0 Å². The summed E-state index contributed by atoms with van der Waals surface area (Å²) in [4.78, 5) is 13.1. The van der Waals surface area contributed by atoms with Crippen molar-refractivity contribution in [2.45, 2.75) is 136 Å². The van der Waals surface area contributed by atoms with Crippen molar-refractivity contribution >= 4 is 14.3 Å². The number of ether oxygens (including phenoxy) is 2. The predicted octanol–water partition coefficient (Wildman–Crippen LogP) is 7.16. The zero-order chi connectivity index (χ0) is 27.2. The second-order valence-corrected chi connectivity index (χ2v) is 19.2. The number of aliphatic hydroxyl groups excluding tert-OH is 1. The minimum Gasteiger partial charge on any atom is -0.461 e. The normalized spacial score (nSPS) is 37.8. The molecule has 1 saturated heterocycles. The molecule has 6 heteroatoms. The minimum absolute atomic E-state index is 0.00233. The van der Waals surface area contributed by atoms with Gasteiger partial charge >= 0.3 is 5.97 Å². The van der Waals surface area contributed by atoms with Gasteiger partial charge in [0.05, 0.1) is 17.6 Å². The fraction of sp³-hybridized carbons (Fsp3) is 0.839. The van der Waals surface area contributed by atoms with Crippen molar-refractivity contribution in [3.8, 4) is 0 Å². The van der Waals surface area contributed by atoms with Gasteiger partial charge in [-0.3, -0.25) is 4.79 Å². The zero-order valence-corrected chi connectivity index (χ0v) is 25.6. The summed E-state index contributed by atoms with van der Waals surface area (Å²) in [6.45, 7) is 17.9. The van der Waals surface area contributed by atoms with Crippen LogP contribution in [0.15, 0.2) is 23.8 Å². The number of fused-ring (bicyclic) bond motifs is 1. The van der Waals surface area contributed by atoms with E-state index >= 15 is 0 Å². The van der Waals surface area contributed by atoms with E-state index in [1.165, 1.54) is 5.57 Å². The fourth-order valence-electron chi connectivity index (χ4n) is 6.61. The number of aliphatic hydroxyl groups is 1. The highest BCUT2D eigenvalue weighted by atomic mass is 28.4. The van der Waals surface area contributed by atoms with E-state index in [2.05, 4.69) is 72.9 Å². The smallest absolute Gasteiger partial charge is 0.312 e. The second kappa shape index (κ2) is 10.9. The molecule has 0 bridgehead atoms. The maximum atomic E-state index is 13.1. The first kappa shape index (κ1) is 29.0. The molecule has 0 amide bonds. The summed E-state index contributed by atoms with van der Waals surface area (Å²) in [6, 6.07) is 0. The fourth-order valence-corrected chi connectivity index (χ4v) is 7.99. The van der Waals surface area contributed by atoms with Crippen LogP contribution >= 0.6 is 0 Å². The average Bonchev–Trinajstić information content (AvgIpc) is 2.75. The Balaban J connectivity index is 1.44. The molecule has 0 aromatic rings. The standard InChI is InChI=1S/C31H52O5Si/c1-20-16-22-11-10-21(2)25(28(22)26(17-20)35-29(33)31(6)14-9-15-31)13-12-23-18-24(19-27(32)34-23)36-37(7,8)30(3,4)5/h10-11,16,20-21,23-28,32H,9,12-15,17-19H2,1-8H3/t20-,21-,23+,24+,25-,26-,27?,28-/m0/s1. The van der Waals surface area contributed by atoms with Crippen LogP contribution in [0.3, 0.4) is 0 Å². The van der Waals surface area contributed by atoms with Crippen LogP contribution in [-0.2, 0) is 18.7 Å². The molecule has 1 unspecified atom stereocenters. The van der Waals surface area contributed by atoms with Crippen molar-refractivity contribution in [3.63, 3.8) is 0 Å². The lowest BCUT2D eigenvalue weighted by Gasteiger charge is -2.45. The van der Waals surface area contributed by atoms with Gasteiger partial charge in [0.25, 0.3) is 0 Å². The van der Waals surface area contributed by atoms with Gasteiger partial charge in [0.2, 0.25) is 0 Å². The van der Waals surface area contributed by atoms with E-state index in [0.717, 1.165) is 44.9 Å². The van der Waals surface area contributed by atoms with Crippen LogP contribution in [0.4, 0.5) is 0 Å². The Kier molecular flexibility index (Phi) is 8.56. The Labute approximate surface area is 226 Å². The molecule has 5 nitrogen and oxygen atoms in total. The molecule has 1 saturated carbocycles. The zero-order valence-electron chi connectivity index (χ0n) is 24.6. The summed E-state index contributed by atoms with van der Waals surface area (Å²) >= 11 is 0. The molecule has 37 heavy (non-hydrogen) atoms. The van der Waals surface area contributed by atoms with E-state index in [1.54, 1.807) is 0 Å². The average molecular weight is 533 g/mol. The van der Waals surface area contributed by atoms with E-state index in [0.29, 0.717) is 24.2 Å². The molecule has 1 N–H and O–H groups in total. The third-order valence-electron chi connectivity index (χ3n) is 10.2. The first-order chi connectivity index (χ1) is 17.2. The molecular formula is C31H52O5Si. The Morgan fingerprint density at radius 2 is 1.86 bits per heavy atom. The molecule has 0 aromatic carbocycles. The number of carbonyl (C=O) groups is 1. The monoisotopic (exact) mass is 532 g/mol. The lowest BCUT2D eigenvalue weighted by atomic mass is 9.65. The van der Waals surface area contributed by atoms with Crippen LogP contribution in [0.1, 0.15) is 92.9 Å². The van der Waals surface area contributed by atoms with E-state index in [4.69, 9.17) is 13.9 Å². The van der Waals surface area contributed by atoms with Crippen LogP contribution in [-0.4, -0.2) is 44.0 Å². The van der Waals surface area contributed by atoms with Crippen molar-refractivity contribution in [1.82, 2.24) is 0 Å². The molecule has 0 aromatic heterocycles. The van der Waals surface area contributed by atoms with Crippen LogP contribution < -0.4 is 0 Å². The maximum absolute atomic E-state index is 13.1. The van der Waals surface area contributed by atoms with E-state index < -0.39 is 14.6 Å². The molecule has 3 aliphatic carbocycles. The topological polar surface area (TPSA) is 65.0 Å². The molecule has 8 atom stereocenters. The molecule has 1 aliphatic heterocycles. The number of rotatable bonds is 7. The molecule has 0 spiro atoms. The molecule has 1 heterocycles. The van der Waals surface area contributed by atoms with E-state index in [-0.39, 0.29) is 40.7 Å². The highest BCUT2D eigenvalue weighted by Gasteiger charge is 2.47. The van der Waals surface area contributed by atoms with Gasteiger partial charge in [-0.25, -0.2) is 0 Å². The molecule has 4 aliphatic rings. The first-order valence-electron chi connectivity index (χ1n) is 14.8. The third kappa shape index (κ3) is 6.45. The Hall–Kier alpha value is -0.953. The van der Waals surface area contributed by atoms with Crippen molar-refractivity contribution < 1.29 is 23.8 Å². The van der Waals surface area contributed by atoms with Crippen molar-refractivity contribution in [2.24, 2.45) is 29.1 Å². The minimum atomic E-state index is -1.92. The van der Waals surface area contributed by atoms with E-state index in [1.807, 2.05) is 0 Å². The van der Waals surface area contributed by atoms with E-state index in [9.17, 15) is 9.90 Å². The number of hydrogen-bond donors (Lipinski definition) is 1. The summed E-state index contributed by atoms with van der Waals surface area (Å²) in [7, 11) is -1.92. The molecule has 2 fully saturated rings. The number of allylic oxidation sites excluding steroid dienone is 3. The molecule has 4 rings (SSSR count). The lowest BCUT2D eigenvalue weighted by molar-refractivity contribution is -0.189. The van der Waals surface area contributed by atoms with Gasteiger partial charge in [-0.2, -0.15) is 0 Å². The summed E-state index contributed by atoms with van der Waals surface area (Å²) < 4.78 is 19.0. The van der Waals surface area contributed by atoms with Gasteiger partial charge in [0.15, 0.2) is 14.6 Å². The lowest BCUT2D eigenvalue weighted by Crippen LogP contribution is -2.48. The second-order valence-electron chi connectivity index (χ2n) is 14.4. The molecule has 210 valence electrons. The highest BCUT2D eigenvalue weighted by Crippen LogP contribution is 2.48. The SMILES string of the molecule is C[C@H]1C=C2C=C[C@H](C)[C@H](CC[C@@H]3C[C@@H](O[Si](C)(C)C(C)(C)C)CC(O)O3)[C@H]2[C@@H](OC(=O)C2(C)CCC2)C1. The summed E-state index contributed by atoms with van der Waals surface area (Å²) in [5.74, 6) is 1.43. The van der Waals surface area contributed by atoms with Crippen LogP contribution in [0, 0.1) is 29.1 Å². The van der Waals surface area contributed by atoms with Crippen LogP contribution in [0.2, 0.25) is 18.1 Å². The van der Waals surface area contributed by atoms with Crippen LogP contribution in [0.25, 0.3) is 0 Å². The Bertz CT molecular complexity index is 883. The maximum Gasteiger partial charge on any atom is 0.312 e. The summed E-state index contributed by atoms with van der Waals surface area (Å²) in [5, 5.41) is 10.7. The Morgan fingerprint density at radius 1 is 1.16 bits per heavy atom. The predicted molar refractivity (Wildman–Crippen MR) is 150 cm³/mol. The van der Waals surface area contributed by atoms with Crippen molar-refractivity contribution in [1.29, 1.82) is 0 Å². The largest absolute Gasteiger partial charge is 0.461 e. The van der Waals surface area contributed by atoms with Gasteiger partial charge < -0.3 is 19.0 Å². The summed E-state index contributed by atoms with van der Waals surface area (Å²) in [5.41, 5.74) is 1.05. The number of hydrogen-bond acceptors (Lipinski definition) is 5. The van der Waals surface area contributed by atoms with Gasteiger partial charge in [-0.05, 0) is 86.9 Å². The van der Waals surface area contributed by atoms with Gasteiger partial charge in [-0.1, -0.05) is 59.3 Å². The van der Waals surface area contributed by atoms with Crippen molar-refractivity contribution in [3.05, 3.63) is 23.8 Å². The van der Waals surface area contributed by atoms with Crippen molar-refractivity contribution in [2.75, 3.05) is 0 Å². The number of esters is 1. The van der Waals surface area contributed by atoms with Gasteiger partial charge in [0.1, 0.15) is 6.10 Å². The first-order valence-corrected chi connectivity index (χ1v) is 17.7. The number of carbonyl (C=O) groups excluding carboxylic acids is 1. The quantitative estimate of drug-likeness (QED) is 0.278. The third-order valence-corrected chi connectivity index (χ3v) is 14.8. The molecular weight excluding hydrogens is 480 g/mol.